The van der Waals surface area contributed by atoms with Crippen molar-refractivity contribution in [2.45, 2.75) is 71.6 Å². The van der Waals surface area contributed by atoms with E-state index in [1.807, 2.05) is 0 Å². The summed E-state index contributed by atoms with van der Waals surface area (Å²) in [4.78, 5) is 0. The van der Waals surface area contributed by atoms with Crippen molar-refractivity contribution in [1.29, 1.82) is 0 Å². The minimum atomic E-state index is -2.72. The van der Waals surface area contributed by atoms with Crippen molar-refractivity contribution in [3.63, 3.8) is 0 Å². The summed E-state index contributed by atoms with van der Waals surface area (Å²) >= 11 is 0. The van der Waals surface area contributed by atoms with Crippen molar-refractivity contribution in [1.82, 2.24) is 0 Å². The molecule has 2 aromatic rings. The first-order valence-corrected chi connectivity index (χ1v) is 13.7. The molecule has 0 radical (unpaired) electrons. The molecule has 2 aromatic carbocycles. The van der Waals surface area contributed by atoms with Gasteiger partial charge in [-0.25, -0.2) is 0 Å². The molecule has 0 N–H and O–H groups in total. The first-order chi connectivity index (χ1) is 14.8. The molecule has 0 fully saturated rings. The summed E-state index contributed by atoms with van der Waals surface area (Å²) < 4.78 is 13.4. The lowest BCUT2D eigenvalue weighted by Crippen LogP contribution is -2.63. The van der Waals surface area contributed by atoms with E-state index < -0.39 is 8.56 Å². The molecule has 2 rings (SSSR count). The van der Waals surface area contributed by atoms with Gasteiger partial charge in [0.05, 0.1) is 0 Å². The molecule has 0 bridgehead atoms. The second-order valence-electron chi connectivity index (χ2n) is 7.84. The lowest BCUT2D eigenvalue weighted by molar-refractivity contribution is 0.190. The van der Waals surface area contributed by atoms with Crippen LogP contribution in [0.2, 0.25) is 0 Å². The van der Waals surface area contributed by atoms with Crippen LogP contribution >= 0.6 is 0 Å². The van der Waals surface area contributed by atoms with Gasteiger partial charge in [0.25, 0.3) is 0 Å². The van der Waals surface area contributed by atoms with Crippen LogP contribution in [0.15, 0.2) is 72.8 Å². The number of benzene rings is 2. The Morgan fingerprint density at radius 2 is 1.17 bits per heavy atom. The monoisotopic (exact) mass is 424 g/mol. The molecular formula is C27H40O2Si. The maximum atomic E-state index is 6.73. The van der Waals surface area contributed by atoms with Gasteiger partial charge in [-0.15, -0.1) is 0 Å². The Morgan fingerprint density at radius 1 is 0.633 bits per heavy atom. The van der Waals surface area contributed by atoms with Crippen LogP contribution in [0.5, 0.6) is 0 Å². The highest BCUT2D eigenvalue weighted by atomic mass is 28.4. The standard InChI is InChI=1S/C27H40O2Si/c1-3-5-7-9-10-11-19-25-29-30(26-20-14-12-15-21-26,27-22-16-13-17-23-27)28-24-18-8-6-4-2/h6,8,12-17,20-23H,3-5,7,9-11,18-19,24-25H2,1-2H3/b8-6-. The fourth-order valence-corrected chi connectivity index (χ4v) is 6.87. The largest absolute Gasteiger partial charge is 0.407 e. The Morgan fingerprint density at radius 3 is 1.73 bits per heavy atom. The molecule has 0 aliphatic heterocycles. The highest BCUT2D eigenvalue weighted by Gasteiger charge is 2.42. The van der Waals surface area contributed by atoms with E-state index in [0.29, 0.717) is 6.61 Å². The topological polar surface area (TPSA) is 18.5 Å². The number of allylic oxidation sites excluding steroid dienone is 1. The molecule has 0 heterocycles. The second kappa shape index (κ2) is 15.2. The average molecular weight is 425 g/mol. The molecule has 0 amide bonds. The number of hydrogen-bond donors (Lipinski definition) is 0. The smallest absolute Gasteiger partial charge is 0.388 e. The van der Waals surface area contributed by atoms with Crippen LogP contribution in [-0.4, -0.2) is 21.8 Å². The van der Waals surface area contributed by atoms with Crippen LogP contribution in [0.1, 0.15) is 71.6 Å². The van der Waals surface area contributed by atoms with E-state index in [9.17, 15) is 0 Å². The second-order valence-corrected chi connectivity index (χ2v) is 10.8. The molecule has 0 aliphatic carbocycles. The van der Waals surface area contributed by atoms with Crippen LogP contribution < -0.4 is 10.4 Å². The fourth-order valence-electron chi connectivity index (χ4n) is 3.69. The van der Waals surface area contributed by atoms with Crippen LogP contribution in [0, 0.1) is 0 Å². The lowest BCUT2D eigenvalue weighted by atomic mass is 10.1. The third-order valence-corrected chi connectivity index (χ3v) is 8.76. The molecule has 0 saturated carbocycles. The molecular weight excluding hydrogens is 384 g/mol. The minimum absolute atomic E-state index is 0.684. The van der Waals surface area contributed by atoms with Crippen molar-refractivity contribution in [2.24, 2.45) is 0 Å². The third-order valence-electron chi connectivity index (χ3n) is 5.35. The van der Waals surface area contributed by atoms with Crippen LogP contribution in [0.3, 0.4) is 0 Å². The van der Waals surface area contributed by atoms with E-state index in [1.165, 1.54) is 48.9 Å². The number of hydrogen-bond acceptors (Lipinski definition) is 2. The highest BCUT2D eigenvalue weighted by Crippen LogP contribution is 2.13. The fraction of sp³-hybridized carbons (Fsp3) is 0.481. The van der Waals surface area contributed by atoms with Gasteiger partial charge in [0.2, 0.25) is 0 Å². The summed E-state index contributed by atoms with van der Waals surface area (Å²) in [6, 6.07) is 21.2. The van der Waals surface area contributed by atoms with Crippen LogP contribution in [0.25, 0.3) is 0 Å². The maximum absolute atomic E-state index is 6.73. The molecule has 0 unspecified atom stereocenters. The quantitative estimate of drug-likeness (QED) is 0.177. The SMILES string of the molecule is CC/C=C\CCO[Si](OCCCCCCCCC)(c1ccccc1)c1ccccc1. The van der Waals surface area contributed by atoms with Gasteiger partial charge in [-0.05, 0) is 29.6 Å². The van der Waals surface area contributed by atoms with Crippen molar-refractivity contribution in [3.8, 4) is 0 Å². The van der Waals surface area contributed by atoms with Gasteiger partial charge >= 0.3 is 8.56 Å². The molecule has 0 atom stereocenters. The molecule has 3 heteroatoms. The minimum Gasteiger partial charge on any atom is -0.388 e. The van der Waals surface area contributed by atoms with Crippen molar-refractivity contribution in [2.75, 3.05) is 13.2 Å². The maximum Gasteiger partial charge on any atom is 0.407 e. The van der Waals surface area contributed by atoms with E-state index >= 15 is 0 Å². The van der Waals surface area contributed by atoms with Crippen LogP contribution in [-0.2, 0) is 8.85 Å². The van der Waals surface area contributed by atoms with Gasteiger partial charge < -0.3 is 8.85 Å². The predicted octanol–water partition coefficient (Wildman–Crippen LogP) is 6.38. The summed E-state index contributed by atoms with van der Waals surface area (Å²) in [6.07, 6.45) is 15.4. The summed E-state index contributed by atoms with van der Waals surface area (Å²) in [7, 11) is -2.72. The molecule has 0 spiro atoms. The van der Waals surface area contributed by atoms with E-state index in [-0.39, 0.29) is 0 Å². The Kier molecular flexibility index (Phi) is 12.4. The van der Waals surface area contributed by atoms with Crippen molar-refractivity contribution >= 4 is 18.9 Å². The summed E-state index contributed by atoms with van der Waals surface area (Å²) in [5, 5.41) is 2.39. The molecule has 0 aliphatic rings. The van der Waals surface area contributed by atoms with E-state index in [2.05, 4.69) is 86.7 Å². The Labute approximate surface area is 185 Å². The summed E-state index contributed by atoms with van der Waals surface area (Å²) in [6.45, 7) is 5.87. The third kappa shape index (κ3) is 8.21. The van der Waals surface area contributed by atoms with Gasteiger partial charge in [0.15, 0.2) is 0 Å². The zero-order valence-electron chi connectivity index (χ0n) is 19.0. The molecule has 0 saturated heterocycles. The van der Waals surface area contributed by atoms with E-state index in [4.69, 9.17) is 8.85 Å². The van der Waals surface area contributed by atoms with Gasteiger partial charge in [0, 0.05) is 13.2 Å². The van der Waals surface area contributed by atoms with Gasteiger partial charge in [-0.2, -0.15) is 0 Å². The zero-order chi connectivity index (χ0) is 21.3. The van der Waals surface area contributed by atoms with Crippen molar-refractivity contribution < 1.29 is 8.85 Å². The normalized spacial score (nSPS) is 11.9. The lowest BCUT2D eigenvalue weighted by Gasteiger charge is -2.31. The van der Waals surface area contributed by atoms with Crippen LogP contribution in [0.4, 0.5) is 0 Å². The van der Waals surface area contributed by atoms with E-state index in [0.717, 1.165) is 25.9 Å². The predicted molar refractivity (Wildman–Crippen MR) is 132 cm³/mol. The Bertz CT molecular complexity index is 645. The van der Waals surface area contributed by atoms with Gasteiger partial charge in [-0.1, -0.05) is 125 Å². The zero-order valence-corrected chi connectivity index (χ0v) is 20.0. The summed E-state index contributed by atoms with van der Waals surface area (Å²) in [5.41, 5.74) is 0. The highest BCUT2D eigenvalue weighted by molar-refractivity contribution is 6.92. The number of unbranched alkanes of at least 4 members (excludes halogenated alkanes) is 6. The number of rotatable bonds is 16. The average Bonchev–Trinajstić information content (AvgIpc) is 2.80. The summed E-state index contributed by atoms with van der Waals surface area (Å²) in [5.74, 6) is 0. The van der Waals surface area contributed by atoms with Gasteiger partial charge in [0.1, 0.15) is 0 Å². The first-order valence-electron chi connectivity index (χ1n) is 11.9. The Balaban J connectivity index is 2.10. The molecule has 30 heavy (non-hydrogen) atoms. The van der Waals surface area contributed by atoms with Gasteiger partial charge in [-0.3, -0.25) is 0 Å². The first kappa shape index (κ1) is 24.6. The Hall–Kier alpha value is -1.68. The molecule has 0 aromatic heterocycles. The van der Waals surface area contributed by atoms with E-state index in [1.54, 1.807) is 0 Å². The molecule has 164 valence electrons. The van der Waals surface area contributed by atoms with Crippen molar-refractivity contribution in [3.05, 3.63) is 72.8 Å². The molecule has 2 nitrogen and oxygen atoms in total.